The van der Waals surface area contributed by atoms with Crippen molar-refractivity contribution in [2.75, 3.05) is 43.6 Å². The van der Waals surface area contributed by atoms with E-state index >= 15 is 0 Å². The summed E-state index contributed by atoms with van der Waals surface area (Å²) in [6, 6.07) is 13.0. The Morgan fingerprint density at radius 1 is 1.20 bits per heavy atom. The normalized spacial score (nSPS) is 14.2. The van der Waals surface area contributed by atoms with Gasteiger partial charge in [-0.15, -0.1) is 0 Å². The maximum absolute atomic E-state index is 12.5. The molecule has 5 nitrogen and oxygen atoms in total. The van der Waals surface area contributed by atoms with Gasteiger partial charge in [0, 0.05) is 13.1 Å². The summed E-state index contributed by atoms with van der Waals surface area (Å²) in [7, 11) is 1.62. The first kappa shape index (κ1) is 17.6. The van der Waals surface area contributed by atoms with E-state index in [1.165, 1.54) is 0 Å². The molecule has 1 aliphatic heterocycles. The summed E-state index contributed by atoms with van der Waals surface area (Å²) in [5.41, 5.74) is 2.51. The Kier molecular flexibility index (Phi) is 5.79. The zero-order chi connectivity index (χ0) is 17.6. The van der Waals surface area contributed by atoms with Crippen molar-refractivity contribution >= 4 is 28.9 Å². The third-order valence-electron chi connectivity index (χ3n) is 4.11. The number of nitrogens with zero attached hydrogens (tertiary/aromatic N) is 1. The second-order valence-electron chi connectivity index (χ2n) is 5.81. The van der Waals surface area contributed by atoms with Crippen LogP contribution in [0, 0.1) is 0 Å². The number of benzene rings is 2. The van der Waals surface area contributed by atoms with Crippen LogP contribution in [0.5, 0.6) is 5.75 Å². The first-order chi connectivity index (χ1) is 12.2. The minimum absolute atomic E-state index is 0.0815. The third-order valence-corrected chi connectivity index (χ3v) is 4.42. The first-order valence-corrected chi connectivity index (χ1v) is 8.59. The molecular weight excluding hydrogens is 340 g/mol. The van der Waals surface area contributed by atoms with Gasteiger partial charge in [0.2, 0.25) is 5.91 Å². The fourth-order valence-electron chi connectivity index (χ4n) is 2.85. The highest BCUT2D eigenvalue weighted by molar-refractivity contribution is 6.34. The van der Waals surface area contributed by atoms with Crippen molar-refractivity contribution in [2.45, 2.75) is 6.42 Å². The van der Waals surface area contributed by atoms with E-state index in [4.69, 9.17) is 21.1 Å². The second kappa shape index (κ2) is 8.23. The number of nitrogens with one attached hydrogen (secondary N) is 1. The highest BCUT2D eigenvalue weighted by Crippen LogP contribution is 2.34. The van der Waals surface area contributed by atoms with Crippen LogP contribution in [0.25, 0.3) is 0 Å². The average Bonchev–Trinajstić information content (AvgIpc) is 2.63. The number of halogens is 1. The van der Waals surface area contributed by atoms with E-state index in [0.717, 1.165) is 35.8 Å². The number of anilines is 2. The first-order valence-electron chi connectivity index (χ1n) is 8.21. The fraction of sp³-hybridized carbons (Fsp3) is 0.316. The van der Waals surface area contributed by atoms with Crippen LogP contribution in [0.4, 0.5) is 11.4 Å². The molecule has 1 fully saturated rings. The number of hydrogen-bond acceptors (Lipinski definition) is 4. The van der Waals surface area contributed by atoms with E-state index in [-0.39, 0.29) is 5.91 Å². The number of ether oxygens (including phenoxy) is 2. The van der Waals surface area contributed by atoms with E-state index in [1.807, 2.05) is 42.5 Å². The summed E-state index contributed by atoms with van der Waals surface area (Å²) in [4.78, 5) is 14.6. The molecule has 1 saturated heterocycles. The Labute approximate surface area is 152 Å². The molecule has 6 heteroatoms. The predicted molar refractivity (Wildman–Crippen MR) is 99.8 cm³/mol. The SMILES string of the molecule is COc1ccc(CC(=O)Nc2cccc(Cl)c2N2CCOCC2)cc1. The maximum Gasteiger partial charge on any atom is 0.228 e. The van der Waals surface area contributed by atoms with Gasteiger partial charge in [0.15, 0.2) is 0 Å². The molecule has 3 rings (SSSR count). The Morgan fingerprint density at radius 3 is 2.60 bits per heavy atom. The Hall–Kier alpha value is -2.24. The van der Waals surface area contributed by atoms with Gasteiger partial charge in [-0.1, -0.05) is 29.8 Å². The predicted octanol–water partition coefficient (Wildman–Crippen LogP) is 3.37. The molecule has 1 amide bonds. The Morgan fingerprint density at radius 2 is 1.92 bits per heavy atom. The lowest BCUT2D eigenvalue weighted by Crippen LogP contribution is -2.37. The van der Waals surface area contributed by atoms with Crippen LogP contribution in [0.15, 0.2) is 42.5 Å². The van der Waals surface area contributed by atoms with Gasteiger partial charge < -0.3 is 19.7 Å². The Balaban J connectivity index is 1.73. The summed E-state index contributed by atoms with van der Waals surface area (Å²) >= 11 is 6.39. The molecule has 0 aromatic heterocycles. The number of morpholine rings is 1. The number of para-hydroxylation sites is 1. The molecule has 0 saturated carbocycles. The molecule has 1 heterocycles. The van der Waals surface area contributed by atoms with Gasteiger partial charge in [0.05, 0.1) is 43.1 Å². The van der Waals surface area contributed by atoms with E-state index in [2.05, 4.69) is 10.2 Å². The van der Waals surface area contributed by atoms with Gasteiger partial charge in [0.1, 0.15) is 5.75 Å². The minimum Gasteiger partial charge on any atom is -0.497 e. The van der Waals surface area contributed by atoms with Crippen molar-refractivity contribution < 1.29 is 14.3 Å². The number of amides is 1. The van der Waals surface area contributed by atoms with Crippen LogP contribution < -0.4 is 15.0 Å². The van der Waals surface area contributed by atoms with E-state index in [0.29, 0.717) is 24.7 Å². The van der Waals surface area contributed by atoms with Crippen LogP contribution in [0.2, 0.25) is 5.02 Å². The van der Waals surface area contributed by atoms with Gasteiger partial charge in [-0.25, -0.2) is 0 Å². The standard InChI is InChI=1S/C19H21ClN2O3/c1-24-15-7-5-14(6-8-15)13-18(23)21-17-4-2-3-16(20)19(17)22-9-11-25-12-10-22/h2-8H,9-13H2,1H3,(H,21,23). The van der Waals surface area contributed by atoms with Crippen molar-refractivity contribution in [1.82, 2.24) is 0 Å². The fourth-order valence-corrected chi connectivity index (χ4v) is 3.14. The summed E-state index contributed by atoms with van der Waals surface area (Å²) in [5.74, 6) is 0.690. The summed E-state index contributed by atoms with van der Waals surface area (Å²) < 4.78 is 10.5. The molecule has 1 N–H and O–H groups in total. The summed E-state index contributed by atoms with van der Waals surface area (Å²) in [6.07, 6.45) is 0.291. The molecule has 1 aliphatic rings. The number of carbonyl (C=O) groups is 1. The molecule has 0 atom stereocenters. The van der Waals surface area contributed by atoms with Crippen molar-refractivity contribution in [3.63, 3.8) is 0 Å². The van der Waals surface area contributed by atoms with Gasteiger partial charge in [-0.05, 0) is 29.8 Å². The second-order valence-corrected chi connectivity index (χ2v) is 6.22. The largest absolute Gasteiger partial charge is 0.497 e. The van der Waals surface area contributed by atoms with Crippen molar-refractivity contribution in [1.29, 1.82) is 0 Å². The van der Waals surface area contributed by atoms with Gasteiger partial charge >= 0.3 is 0 Å². The monoisotopic (exact) mass is 360 g/mol. The van der Waals surface area contributed by atoms with Crippen molar-refractivity contribution in [2.24, 2.45) is 0 Å². The lowest BCUT2D eigenvalue weighted by molar-refractivity contribution is -0.115. The van der Waals surface area contributed by atoms with Crippen LogP contribution >= 0.6 is 11.6 Å². The van der Waals surface area contributed by atoms with E-state index in [1.54, 1.807) is 7.11 Å². The van der Waals surface area contributed by atoms with Gasteiger partial charge in [-0.3, -0.25) is 4.79 Å². The topological polar surface area (TPSA) is 50.8 Å². The quantitative estimate of drug-likeness (QED) is 0.888. The molecular formula is C19H21ClN2O3. The zero-order valence-electron chi connectivity index (χ0n) is 14.1. The van der Waals surface area contributed by atoms with Crippen molar-refractivity contribution in [3.05, 3.63) is 53.1 Å². The summed E-state index contributed by atoms with van der Waals surface area (Å²) in [5, 5.41) is 3.62. The van der Waals surface area contributed by atoms with Gasteiger partial charge in [-0.2, -0.15) is 0 Å². The molecule has 0 spiro atoms. The van der Waals surface area contributed by atoms with E-state index < -0.39 is 0 Å². The lowest BCUT2D eigenvalue weighted by atomic mass is 10.1. The van der Waals surface area contributed by atoms with Crippen LogP contribution in [-0.2, 0) is 16.0 Å². The minimum atomic E-state index is -0.0815. The maximum atomic E-state index is 12.5. The molecule has 2 aromatic rings. The highest BCUT2D eigenvalue weighted by atomic mass is 35.5. The molecule has 0 unspecified atom stereocenters. The smallest absolute Gasteiger partial charge is 0.228 e. The average molecular weight is 361 g/mol. The third kappa shape index (κ3) is 4.44. The highest BCUT2D eigenvalue weighted by Gasteiger charge is 2.19. The number of rotatable bonds is 5. The van der Waals surface area contributed by atoms with Crippen LogP contribution in [0.1, 0.15) is 5.56 Å². The van der Waals surface area contributed by atoms with Gasteiger partial charge in [0.25, 0.3) is 0 Å². The molecule has 0 bridgehead atoms. The lowest BCUT2D eigenvalue weighted by Gasteiger charge is -2.31. The summed E-state index contributed by atoms with van der Waals surface area (Å²) in [6.45, 7) is 2.82. The Bertz CT molecular complexity index is 728. The van der Waals surface area contributed by atoms with Crippen LogP contribution in [-0.4, -0.2) is 39.3 Å². The molecule has 2 aromatic carbocycles. The zero-order valence-corrected chi connectivity index (χ0v) is 14.9. The molecule has 0 radical (unpaired) electrons. The van der Waals surface area contributed by atoms with Crippen LogP contribution in [0.3, 0.4) is 0 Å². The molecule has 25 heavy (non-hydrogen) atoms. The van der Waals surface area contributed by atoms with Crippen molar-refractivity contribution in [3.8, 4) is 5.75 Å². The number of carbonyl (C=O) groups excluding carboxylic acids is 1. The molecule has 132 valence electrons. The number of hydrogen-bond donors (Lipinski definition) is 1. The number of methoxy groups -OCH3 is 1. The van der Waals surface area contributed by atoms with E-state index in [9.17, 15) is 4.79 Å². The molecule has 0 aliphatic carbocycles.